The molecule has 0 spiro atoms. The fourth-order valence-electron chi connectivity index (χ4n) is 1.55. The number of carbonyl (C=O) groups is 2. The number of hydrogen-bond donors (Lipinski definition) is 0. The molecule has 0 saturated heterocycles. The van der Waals surface area contributed by atoms with E-state index in [9.17, 15) is 9.59 Å². The van der Waals surface area contributed by atoms with Gasteiger partial charge in [0.1, 0.15) is 5.75 Å². The third kappa shape index (κ3) is 4.53. The molecule has 0 aliphatic carbocycles. The normalized spacial score (nSPS) is 9.95. The lowest BCUT2D eigenvalue weighted by atomic mass is 10.2. The van der Waals surface area contributed by atoms with Crippen LogP contribution >= 0.6 is 0 Å². The Balaban J connectivity index is 2.91. The summed E-state index contributed by atoms with van der Waals surface area (Å²) in [6.45, 7) is 2.61. The highest BCUT2D eigenvalue weighted by molar-refractivity contribution is 5.92. The van der Waals surface area contributed by atoms with E-state index in [1.54, 1.807) is 0 Å². The SMILES string of the molecule is CCCCCOc1cc(C(=O)OC)nc(C(=O)OC)c1. The number of rotatable bonds is 7. The lowest BCUT2D eigenvalue weighted by molar-refractivity contribution is 0.0584. The zero-order valence-corrected chi connectivity index (χ0v) is 12.0. The van der Waals surface area contributed by atoms with Crippen LogP contribution in [0, 0.1) is 0 Å². The Morgan fingerprint density at radius 1 is 1.05 bits per heavy atom. The van der Waals surface area contributed by atoms with Crippen LogP contribution < -0.4 is 4.74 Å². The van der Waals surface area contributed by atoms with Gasteiger partial charge in [-0.3, -0.25) is 0 Å². The highest BCUT2D eigenvalue weighted by Gasteiger charge is 2.16. The van der Waals surface area contributed by atoms with Crippen molar-refractivity contribution < 1.29 is 23.8 Å². The number of unbranched alkanes of at least 4 members (excludes halogenated alkanes) is 2. The molecule has 110 valence electrons. The van der Waals surface area contributed by atoms with E-state index in [4.69, 9.17) is 4.74 Å². The first-order chi connectivity index (χ1) is 9.62. The van der Waals surface area contributed by atoms with Crippen molar-refractivity contribution >= 4 is 11.9 Å². The number of esters is 2. The number of carbonyl (C=O) groups excluding carboxylic acids is 2. The van der Waals surface area contributed by atoms with Crippen LogP contribution in [0.2, 0.25) is 0 Å². The van der Waals surface area contributed by atoms with Gasteiger partial charge in [0.25, 0.3) is 0 Å². The Hall–Kier alpha value is -2.11. The summed E-state index contributed by atoms with van der Waals surface area (Å²) in [5.41, 5.74) is 0.0294. The van der Waals surface area contributed by atoms with E-state index in [2.05, 4.69) is 21.4 Å². The van der Waals surface area contributed by atoms with Gasteiger partial charge in [0.15, 0.2) is 11.4 Å². The van der Waals surface area contributed by atoms with Gasteiger partial charge in [-0.2, -0.15) is 0 Å². The molecule has 0 aromatic carbocycles. The summed E-state index contributed by atoms with van der Waals surface area (Å²) in [5, 5.41) is 0. The van der Waals surface area contributed by atoms with E-state index >= 15 is 0 Å². The Morgan fingerprint density at radius 2 is 1.60 bits per heavy atom. The number of nitrogens with zero attached hydrogens (tertiary/aromatic N) is 1. The molecule has 0 aliphatic rings. The van der Waals surface area contributed by atoms with Crippen molar-refractivity contribution in [1.29, 1.82) is 0 Å². The van der Waals surface area contributed by atoms with E-state index in [0.717, 1.165) is 19.3 Å². The predicted molar refractivity (Wildman–Crippen MR) is 71.9 cm³/mol. The van der Waals surface area contributed by atoms with Gasteiger partial charge in [-0.25, -0.2) is 14.6 Å². The quantitative estimate of drug-likeness (QED) is 0.563. The molecule has 0 aliphatic heterocycles. The smallest absolute Gasteiger partial charge is 0.356 e. The molecule has 0 N–H and O–H groups in total. The average molecular weight is 281 g/mol. The van der Waals surface area contributed by atoms with Crippen molar-refractivity contribution in [3.63, 3.8) is 0 Å². The van der Waals surface area contributed by atoms with E-state index in [-0.39, 0.29) is 11.4 Å². The molecule has 0 saturated carbocycles. The molecule has 1 aromatic rings. The lowest BCUT2D eigenvalue weighted by Gasteiger charge is -2.09. The topological polar surface area (TPSA) is 74.7 Å². The number of methoxy groups -OCH3 is 2. The predicted octanol–water partition coefficient (Wildman–Crippen LogP) is 2.22. The highest BCUT2D eigenvalue weighted by atomic mass is 16.5. The third-order valence-electron chi connectivity index (χ3n) is 2.60. The molecular weight excluding hydrogens is 262 g/mol. The standard InChI is InChI=1S/C14H19NO5/c1-4-5-6-7-20-10-8-11(13(16)18-2)15-12(9-10)14(17)19-3/h8-9H,4-7H2,1-3H3. The van der Waals surface area contributed by atoms with Crippen LogP contribution in [-0.4, -0.2) is 37.7 Å². The van der Waals surface area contributed by atoms with Gasteiger partial charge in [-0.05, 0) is 6.42 Å². The Bertz CT molecular complexity index is 438. The van der Waals surface area contributed by atoms with E-state index in [1.165, 1.54) is 26.4 Å². The van der Waals surface area contributed by atoms with Crippen molar-refractivity contribution in [3.8, 4) is 5.75 Å². The Labute approximate surface area is 118 Å². The minimum Gasteiger partial charge on any atom is -0.493 e. The van der Waals surface area contributed by atoms with Crippen LogP contribution in [0.4, 0.5) is 0 Å². The minimum atomic E-state index is -0.630. The summed E-state index contributed by atoms with van der Waals surface area (Å²) < 4.78 is 14.7. The summed E-state index contributed by atoms with van der Waals surface area (Å²) in [4.78, 5) is 26.9. The first kappa shape index (κ1) is 15.9. The van der Waals surface area contributed by atoms with Crippen molar-refractivity contribution in [2.24, 2.45) is 0 Å². The number of aromatic nitrogens is 1. The van der Waals surface area contributed by atoms with Gasteiger partial charge < -0.3 is 14.2 Å². The second kappa shape index (κ2) is 8.14. The van der Waals surface area contributed by atoms with Crippen molar-refractivity contribution in [3.05, 3.63) is 23.5 Å². The molecule has 1 rings (SSSR count). The van der Waals surface area contributed by atoms with Crippen molar-refractivity contribution in [2.45, 2.75) is 26.2 Å². The van der Waals surface area contributed by atoms with E-state index in [0.29, 0.717) is 12.4 Å². The molecule has 0 atom stereocenters. The van der Waals surface area contributed by atoms with Gasteiger partial charge in [-0.1, -0.05) is 19.8 Å². The Morgan fingerprint density at radius 3 is 2.05 bits per heavy atom. The number of ether oxygens (including phenoxy) is 3. The van der Waals surface area contributed by atoms with Crippen LogP contribution in [0.3, 0.4) is 0 Å². The zero-order valence-electron chi connectivity index (χ0n) is 12.0. The van der Waals surface area contributed by atoms with Crippen molar-refractivity contribution in [1.82, 2.24) is 4.98 Å². The van der Waals surface area contributed by atoms with Crippen LogP contribution in [0.1, 0.15) is 47.2 Å². The molecule has 1 aromatic heterocycles. The van der Waals surface area contributed by atoms with Crippen LogP contribution in [0.15, 0.2) is 12.1 Å². The lowest BCUT2D eigenvalue weighted by Crippen LogP contribution is -2.11. The van der Waals surface area contributed by atoms with Gasteiger partial charge in [0.2, 0.25) is 0 Å². The second-order valence-electron chi connectivity index (χ2n) is 4.11. The van der Waals surface area contributed by atoms with Gasteiger partial charge in [0.05, 0.1) is 20.8 Å². The third-order valence-corrected chi connectivity index (χ3v) is 2.60. The molecule has 0 unspecified atom stereocenters. The maximum atomic E-state index is 11.5. The number of pyridine rings is 1. The zero-order chi connectivity index (χ0) is 15.0. The van der Waals surface area contributed by atoms with Crippen LogP contribution in [0.25, 0.3) is 0 Å². The van der Waals surface area contributed by atoms with Crippen molar-refractivity contribution in [2.75, 3.05) is 20.8 Å². The fourth-order valence-corrected chi connectivity index (χ4v) is 1.55. The summed E-state index contributed by atoms with van der Waals surface area (Å²) in [5.74, 6) is -0.861. The van der Waals surface area contributed by atoms with Gasteiger partial charge in [-0.15, -0.1) is 0 Å². The summed E-state index contributed by atoms with van der Waals surface area (Å²) in [7, 11) is 2.49. The van der Waals surface area contributed by atoms with Gasteiger partial charge in [0, 0.05) is 12.1 Å². The largest absolute Gasteiger partial charge is 0.493 e. The van der Waals surface area contributed by atoms with Gasteiger partial charge >= 0.3 is 11.9 Å². The molecular formula is C14H19NO5. The molecule has 6 nitrogen and oxygen atoms in total. The molecule has 20 heavy (non-hydrogen) atoms. The summed E-state index contributed by atoms with van der Waals surface area (Å²) in [6.07, 6.45) is 3.04. The van der Waals surface area contributed by atoms with E-state index < -0.39 is 11.9 Å². The molecule has 0 fully saturated rings. The van der Waals surface area contributed by atoms with Crippen LogP contribution in [0.5, 0.6) is 5.75 Å². The number of hydrogen-bond acceptors (Lipinski definition) is 6. The maximum absolute atomic E-state index is 11.5. The Kier molecular flexibility index (Phi) is 6.49. The molecule has 0 radical (unpaired) electrons. The average Bonchev–Trinajstić information content (AvgIpc) is 2.49. The molecule has 1 heterocycles. The monoisotopic (exact) mass is 281 g/mol. The minimum absolute atomic E-state index is 0.0147. The maximum Gasteiger partial charge on any atom is 0.356 e. The highest BCUT2D eigenvalue weighted by Crippen LogP contribution is 2.16. The van der Waals surface area contributed by atoms with E-state index in [1.807, 2.05) is 0 Å². The first-order valence-electron chi connectivity index (χ1n) is 6.43. The van der Waals surface area contributed by atoms with Crippen LogP contribution in [-0.2, 0) is 9.47 Å². The molecule has 6 heteroatoms. The molecule has 0 bridgehead atoms. The fraction of sp³-hybridized carbons (Fsp3) is 0.500. The first-order valence-corrected chi connectivity index (χ1v) is 6.43. The summed E-state index contributed by atoms with van der Waals surface area (Å²) >= 11 is 0. The second-order valence-corrected chi connectivity index (χ2v) is 4.11. The summed E-state index contributed by atoms with van der Waals surface area (Å²) in [6, 6.07) is 2.90. The molecule has 0 amide bonds.